The van der Waals surface area contributed by atoms with Gasteiger partial charge in [0.05, 0.1) is 19.3 Å². The van der Waals surface area contributed by atoms with E-state index in [2.05, 4.69) is 0 Å². The lowest BCUT2D eigenvalue weighted by molar-refractivity contribution is 0.0694. The molecule has 0 bridgehead atoms. The third-order valence-corrected chi connectivity index (χ3v) is 1.87. The first-order valence-electron chi connectivity index (χ1n) is 5.28. The fourth-order valence-corrected chi connectivity index (χ4v) is 1.17. The SMILES string of the molecule is CC(C)OCCCOc1cccc(N)c1. The van der Waals surface area contributed by atoms with E-state index in [9.17, 15) is 0 Å². The summed E-state index contributed by atoms with van der Waals surface area (Å²) >= 11 is 0. The molecule has 3 heteroatoms. The summed E-state index contributed by atoms with van der Waals surface area (Å²) in [6, 6.07) is 7.45. The normalized spacial score (nSPS) is 10.6. The molecule has 1 aromatic carbocycles. The summed E-state index contributed by atoms with van der Waals surface area (Å²) in [5, 5.41) is 0. The molecule has 1 rings (SSSR count). The lowest BCUT2D eigenvalue weighted by Gasteiger charge is -2.08. The van der Waals surface area contributed by atoms with Gasteiger partial charge in [-0.1, -0.05) is 6.07 Å². The molecule has 0 saturated carbocycles. The lowest BCUT2D eigenvalue weighted by Crippen LogP contribution is -2.07. The molecule has 0 unspecified atom stereocenters. The van der Waals surface area contributed by atoms with Gasteiger partial charge in [-0.25, -0.2) is 0 Å². The van der Waals surface area contributed by atoms with Crippen molar-refractivity contribution in [2.45, 2.75) is 26.4 Å². The number of nitrogen functional groups attached to an aromatic ring is 1. The van der Waals surface area contributed by atoms with Gasteiger partial charge in [0.1, 0.15) is 5.75 Å². The first-order chi connectivity index (χ1) is 7.18. The predicted molar refractivity (Wildman–Crippen MR) is 62.1 cm³/mol. The second-order valence-corrected chi connectivity index (χ2v) is 3.69. The van der Waals surface area contributed by atoms with Gasteiger partial charge in [-0.15, -0.1) is 0 Å². The Morgan fingerprint density at radius 1 is 1.27 bits per heavy atom. The van der Waals surface area contributed by atoms with Gasteiger partial charge < -0.3 is 15.2 Å². The van der Waals surface area contributed by atoms with Gasteiger partial charge in [0.2, 0.25) is 0 Å². The molecule has 0 spiro atoms. The van der Waals surface area contributed by atoms with Crippen LogP contribution in [0.1, 0.15) is 20.3 Å². The van der Waals surface area contributed by atoms with E-state index in [0.29, 0.717) is 6.61 Å². The van der Waals surface area contributed by atoms with Crippen LogP contribution in [0.4, 0.5) is 5.69 Å². The summed E-state index contributed by atoms with van der Waals surface area (Å²) in [5.41, 5.74) is 6.35. The Balaban J connectivity index is 2.15. The fourth-order valence-electron chi connectivity index (χ4n) is 1.17. The van der Waals surface area contributed by atoms with E-state index in [1.54, 1.807) is 0 Å². The Kier molecular flexibility index (Phi) is 4.98. The fraction of sp³-hybridized carbons (Fsp3) is 0.500. The molecule has 0 atom stereocenters. The molecule has 0 aliphatic heterocycles. The van der Waals surface area contributed by atoms with Crippen LogP contribution in [0.5, 0.6) is 5.75 Å². The first kappa shape index (κ1) is 11.9. The van der Waals surface area contributed by atoms with Crippen molar-refractivity contribution in [2.24, 2.45) is 0 Å². The molecule has 0 aromatic heterocycles. The molecule has 0 aliphatic carbocycles. The molecule has 0 radical (unpaired) electrons. The van der Waals surface area contributed by atoms with Crippen LogP contribution in [0, 0.1) is 0 Å². The van der Waals surface area contributed by atoms with Gasteiger partial charge >= 0.3 is 0 Å². The molecular formula is C12H19NO2. The van der Waals surface area contributed by atoms with Crippen molar-refractivity contribution >= 4 is 5.69 Å². The van der Waals surface area contributed by atoms with Gasteiger partial charge in [-0.2, -0.15) is 0 Å². The van der Waals surface area contributed by atoms with Crippen LogP contribution in [-0.4, -0.2) is 19.3 Å². The zero-order valence-corrected chi connectivity index (χ0v) is 9.40. The summed E-state index contributed by atoms with van der Waals surface area (Å²) in [4.78, 5) is 0. The average Bonchev–Trinajstić information content (AvgIpc) is 2.17. The Labute approximate surface area is 91.2 Å². The van der Waals surface area contributed by atoms with Crippen molar-refractivity contribution in [3.8, 4) is 5.75 Å². The number of benzene rings is 1. The van der Waals surface area contributed by atoms with Crippen molar-refractivity contribution in [3.63, 3.8) is 0 Å². The van der Waals surface area contributed by atoms with Gasteiger partial charge in [-0.3, -0.25) is 0 Å². The Hall–Kier alpha value is -1.22. The minimum absolute atomic E-state index is 0.289. The predicted octanol–water partition coefficient (Wildman–Crippen LogP) is 2.46. The Morgan fingerprint density at radius 2 is 2.07 bits per heavy atom. The molecule has 0 aliphatic rings. The van der Waals surface area contributed by atoms with Gasteiger partial charge in [0.25, 0.3) is 0 Å². The summed E-state index contributed by atoms with van der Waals surface area (Å²) in [7, 11) is 0. The molecule has 0 saturated heterocycles. The van der Waals surface area contributed by atoms with Crippen molar-refractivity contribution < 1.29 is 9.47 Å². The average molecular weight is 209 g/mol. The molecule has 84 valence electrons. The second-order valence-electron chi connectivity index (χ2n) is 3.69. The van der Waals surface area contributed by atoms with Gasteiger partial charge in [0.15, 0.2) is 0 Å². The van der Waals surface area contributed by atoms with Crippen LogP contribution in [0.2, 0.25) is 0 Å². The van der Waals surface area contributed by atoms with E-state index in [0.717, 1.165) is 24.5 Å². The van der Waals surface area contributed by atoms with Crippen molar-refractivity contribution in [3.05, 3.63) is 24.3 Å². The Morgan fingerprint density at radius 3 is 2.73 bits per heavy atom. The standard InChI is InChI=1S/C12H19NO2/c1-10(2)14-7-4-8-15-12-6-3-5-11(13)9-12/h3,5-6,9-10H,4,7-8,13H2,1-2H3. The van der Waals surface area contributed by atoms with E-state index >= 15 is 0 Å². The van der Waals surface area contributed by atoms with E-state index < -0.39 is 0 Å². The minimum Gasteiger partial charge on any atom is -0.493 e. The molecule has 0 heterocycles. The van der Waals surface area contributed by atoms with Crippen LogP contribution < -0.4 is 10.5 Å². The maximum Gasteiger partial charge on any atom is 0.121 e. The number of nitrogens with two attached hydrogens (primary N) is 1. The van der Waals surface area contributed by atoms with Crippen LogP contribution in [0.25, 0.3) is 0 Å². The topological polar surface area (TPSA) is 44.5 Å². The first-order valence-corrected chi connectivity index (χ1v) is 5.28. The highest BCUT2D eigenvalue weighted by atomic mass is 16.5. The second kappa shape index (κ2) is 6.30. The lowest BCUT2D eigenvalue weighted by atomic mass is 10.3. The molecule has 3 nitrogen and oxygen atoms in total. The third kappa shape index (κ3) is 5.27. The molecule has 15 heavy (non-hydrogen) atoms. The van der Waals surface area contributed by atoms with Crippen LogP contribution in [-0.2, 0) is 4.74 Å². The maximum absolute atomic E-state index is 5.62. The molecule has 0 amide bonds. The maximum atomic E-state index is 5.62. The van der Waals surface area contributed by atoms with Gasteiger partial charge in [-0.05, 0) is 26.0 Å². The van der Waals surface area contributed by atoms with Crippen molar-refractivity contribution in [1.82, 2.24) is 0 Å². The van der Waals surface area contributed by atoms with Crippen molar-refractivity contribution in [2.75, 3.05) is 18.9 Å². The molecule has 0 fully saturated rings. The van der Waals surface area contributed by atoms with Gasteiger partial charge in [0, 0.05) is 18.2 Å². The Bertz CT molecular complexity index is 287. The van der Waals surface area contributed by atoms with E-state index in [4.69, 9.17) is 15.2 Å². The summed E-state index contributed by atoms with van der Waals surface area (Å²) in [6.07, 6.45) is 1.19. The largest absolute Gasteiger partial charge is 0.493 e. The molecule has 2 N–H and O–H groups in total. The third-order valence-electron chi connectivity index (χ3n) is 1.87. The highest BCUT2D eigenvalue weighted by Crippen LogP contribution is 2.14. The van der Waals surface area contributed by atoms with Crippen LogP contribution in [0.3, 0.4) is 0 Å². The number of hydrogen-bond acceptors (Lipinski definition) is 3. The summed E-state index contributed by atoms with van der Waals surface area (Å²) in [5.74, 6) is 0.819. The molecular weight excluding hydrogens is 190 g/mol. The zero-order valence-electron chi connectivity index (χ0n) is 9.40. The monoisotopic (exact) mass is 209 g/mol. The smallest absolute Gasteiger partial charge is 0.121 e. The van der Waals surface area contributed by atoms with E-state index in [-0.39, 0.29) is 6.10 Å². The highest BCUT2D eigenvalue weighted by Gasteiger charge is 1.95. The number of ether oxygens (including phenoxy) is 2. The van der Waals surface area contributed by atoms with E-state index in [1.165, 1.54) is 0 Å². The van der Waals surface area contributed by atoms with E-state index in [1.807, 2.05) is 38.1 Å². The zero-order chi connectivity index (χ0) is 11.1. The number of hydrogen-bond donors (Lipinski definition) is 1. The van der Waals surface area contributed by atoms with Crippen LogP contribution in [0.15, 0.2) is 24.3 Å². The quantitative estimate of drug-likeness (QED) is 0.578. The summed E-state index contributed by atoms with van der Waals surface area (Å²) < 4.78 is 10.9. The summed E-state index contributed by atoms with van der Waals surface area (Å²) in [6.45, 7) is 5.45. The number of rotatable bonds is 6. The minimum atomic E-state index is 0.289. The highest BCUT2D eigenvalue weighted by molar-refractivity contribution is 5.43. The number of anilines is 1. The molecule has 1 aromatic rings. The van der Waals surface area contributed by atoms with Crippen LogP contribution >= 0.6 is 0 Å². The van der Waals surface area contributed by atoms with Crippen molar-refractivity contribution in [1.29, 1.82) is 0 Å².